The van der Waals surface area contributed by atoms with Gasteiger partial charge in [0.25, 0.3) is 5.95 Å². The van der Waals surface area contributed by atoms with Gasteiger partial charge in [0.05, 0.1) is 0 Å². The van der Waals surface area contributed by atoms with Gasteiger partial charge < -0.3 is 5.32 Å². The van der Waals surface area contributed by atoms with Crippen LogP contribution < -0.4 is 5.32 Å². The van der Waals surface area contributed by atoms with Crippen molar-refractivity contribution in [2.75, 3.05) is 11.6 Å². The zero-order chi connectivity index (χ0) is 10.5. The number of thioether (sulfide) groups is 1. The molecule has 0 atom stereocenters. The summed E-state index contributed by atoms with van der Waals surface area (Å²) in [6, 6.07) is 0. The normalized spacial score (nSPS) is 11.7. The van der Waals surface area contributed by atoms with Crippen molar-refractivity contribution in [2.45, 2.75) is 0 Å². The van der Waals surface area contributed by atoms with Crippen molar-refractivity contribution in [1.29, 1.82) is 0 Å². The first-order valence-corrected chi connectivity index (χ1v) is 5.22. The standard InChI is InChI=1S/C6H8N8S/c1-15-6(11-4-7-2-9-13-4)12-5-8-3-10-14-5/h2-3H,1H3,(H3,7,8,9,10,11,12,13,14). The van der Waals surface area contributed by atoms with Crippen LogP contribution in [0.3, 0.4) is 0 Å². The van der Waals surface area contributed by atoms with E-state index >= 15 is 0 Å². The second-order valence-corrected chi connectivity index (χ2v) is 3.16. The van der Waals surface area contributed by atoms with Crippen LogP contribution in [0.15, 0.2) is 17.6 Å². The molecule has 0 aliphatic carbocycles. The molecule has 0 saturated heterocycles. The summed E-state index contributed by atoms with van der Waals surface area (Å²) >= 11 is 1.42. The lowest BCUT2D eigenvalue weighted by Gasteiger charge is -2.00. The topological polar surface area (TPSA) is 108 Å². The van der Waals surface area contributed by atoms with Crippen molar-refractivity contribution >= 4 is 28.8 Å². The number of rotatable bonds is 2. The molecule has 0 radical (unpaired) electrons. The third kappa shape index (κ3) is 2.53. The number of amidine groups is 1. The molecule has 2 heterocycles. The highest BCUT2D eigenvalue weighted by Gasteiger charge is 2.02. The lowest BCUT2D eigenvalue weighted by atomic mass is 10.9. The van der Waals surface area contributed by atoms with Crippen LogP contribution in [-0.2, 0) is 0 Å². The van der Waals surface area contributed by atoms with E-state index in [1.807, 2.05) is 6.26 Å². The summed E-state index contributed by atoms with van der Waals surface area (Å²) in [6.07, 6.45) is 4.82. The molecule has 8 nitrogen and oxygen atoms in total. The van der Waals surface area contributed by atoms with Crippen molar-refractivity contribution < 1.29 is 0 Å². The monoisotopic (exact) mass is 224 g/mol. The van der Waals surface area contributed by atoms with E-state index in [0.717, 1.165) is 0 Å². The number of aliphatic imine (C=N–C) groups is 1. The van der Waals surface area contributed by atoms with E-state index in [-0.39, 0.29) is 0 Å². The van der Waals surface area contributed by atoms with Gasteiger partial charge in [0.2, 0.25) is 5.95 Å². The number of nitrogens with zero attached hydrogens (tertiary/aromatic N) is 5. The maximum Gasteiger partial charge on any atom is 0.270 e. The van der Waals surface area contributed by atoms with Crippen LogP contribution in [0.4, 0.5) is 11.9 Å². The lowest BCUT2D eigenvalue weighted by Crippen LogP contribution is -2.08. The number of aromatic amines is 2. The molecular formula is C6H8N8S. The zero-order valence-corrected chi connectivity index (χ0v) is 8.62. The molecule has 0 aliphatic rings. The Balaban J connectivity index is 2.11. The van der Waals surface area contributed by atoms with Crippen molar-refractivity contribution in [3.63, 3.8) is 0 Å². The molecule has 3 N–H and O–H groups in total. The molecule has 0 spiro atoms. The highest BCUT2D eigenvalue weighted by atomic mass is 32.2. The summed E-state index contributed by atoms with van der Waals surface area (Å²) in [5.41, 5.74) is 0. The maximum atomic E-state index is 4.13. The molecular weight excluding hydrogens is 216 g/mol. The minimum Gasteiger partial charge on any atom is -0.302 e. The lowest BCUT2D eigenvalue weighted by molar-refractivity contribution is 1.08. The first-order chi connectivity index (χ1) is 7.38. The Morgan fingerprint density at radius 2 is 2.13 bits per heavy atom. The van der Waals surface area contributed by atoms with Gasteiger partial charge in [0.15, 0.2) is 5.17 Å². The molecule has 0 fully saturated rings. The Kier molecular flexibility index (Phi) is 2.93. The third-order valence-corrected chi connectivity index (χ3v) is 2.01. The van der Waals surface area contributed by atoms with E-state index in [2.05, 4.69) is 40.7 Å². The van der Waals surface area contributed by atoms with Crippen LogP contribution in [0.5, 0.6) is 0 Å². The fraction of sp³-hybridized carbons (Fsp3) is 0.167. The first-order valence-electron chi connectivity index (χ1n) is 3.99. The van der Waals surface area contributed by atoms with E-state index in [1.165, 1.54) is 24.4 Å². The molecule has 9 heteroatoms. The Labute approximate surface area is 89.0 Å². The summed E-state index contributed by atoms with van der Waals surface area (Å²) in [4.78, 5) is 11.9. The second kappa shape index (κ2) is 4.55. The maximum absolute atomic E-state index is 4.13. The predicted molar refractivity (Wildman–Crippen MR) is 57.0 cm³/mol. The Bertz CT molecular complexity index is 418. The van der Waals surface area contributed by atoms with Crippen molar-refractivity contribution in [1.82, 2.24) is 30.4 Å². The summed E-state index contributed by atoms with van der Waals surface area (Å²) in [5.74, 6) is 0.820. The molecule has 15 heavy (non-hydrogen) atoms. The average molecular weight is 224 g/mol. The SMILES string of the molecule is CS/C(=N\c1nc[nH]n1)Nc1nc[nH]n1. The van der Waals surface area contributed by atoms with Gasteiger partial charge in [0.1, 0.15) is 12.7 Å². The average Bonchev–Trinajstić information content (AvgIpc) is 2.89. The van der Waals surface area contributed by atoms with Crippen LogP contribution in [0.2, 0.25) is 0 Å². The van der Waals surface area contributed by atoms with Crippen molar-refractivity contribution in [3.05, 3.63) is 12.7 Å². The molecule has 0 aliphatic heterocycles. The van der Waals surface area contributed by atoms with Gasteiger partial charge in [-0.3, -0.25) is 10.2 Å². The molecule has 0 aromatic carbocycles. The fourth-order valence-corrected chi connectivity index (χ4v) is 1.20. The smallest absolute Gasteiger partial charge is 0.270 e. The predicted octanol–water partition coefficient (Wildman–Crippen LogP) is 0.385. The van der Waals surface area contributed by atoms with Crippen LogP contribution in [0, 0.1) is 0 Å². The zero-order valence-electron chi connectivity index (χ0n) is 7.80. The minimum absolute atomic E-state index is 0.363. The van der Waals surface area contributed by atoms with Gasteiger partial charge in [-0.2, -0.15) is 9.98 Å². The van der Waals surface area contributed by atoms with Crippen LogP contribution in [0.25, 0.3) is 0 Å². The van der Waals surface area contributed by atoms with Gasteiger partial charge in [-0.1, -0.05) is 11.8 Å². The summed E-state index contributed by atoms with van der Waals surface area (Å²) in [6.45, 7) is 0. The number of anilines is 1. The van der Waals surface area contributed by atoms with E-state index in [1.54, 1.807) is 0 Å². The van der Waals surface area contributed by atoms with E-state index < -0.39 is 0 Å². The quantitative estimate of drug-likeness (QED) is 0.503. The molecule has 2 aromatic heterocycles. The first kappa shape index (κ1) is 9.65. The summed E-state index contributed by atoms with van der Waals surface area (Å²) in [5, 5.41) is 16.4. The Morgan fingerprint density at radius 3 is 2.73 bits per heavy atom. The van der Waals surface area contributed by atoms with Gasteiger partial charge in [0, 0.05) is 0 Å². The number of H-pyrrole nitrogens is 2. The number of hydrogen-bond donors (Lipinski definition) is 3. The molecule has 0 amide bonds. The molecule has 0 unspecified atom stereocenters. The number of aromatic nitrogens is 6. The van der Waals surface area contributed by atoms with Crippen LogP contribution in [-0.4, -0.2) is 41.8 Å². The Morgan fingerprint density at radius 1 is 1.33 bits per heavy atom. The van der Waals surface area contributed by atoms with Gasteiger partial charge in [-0.05, 0) is 6.26 Å². The highest BCUT2D eigenvalue weighted by molar-refractivity contribution is 8.13. The highest BCUT2D eigenvalue weighted by Crippen LogP contribution is 2.08. The van der Waals surface area contributed by atoms with Crippen LogP contribution >= 0.6 is 11.8 Å². The van der Waals surface area contributed by atoms with Gasteiger partial charge in [-0.15, -0.1) is 10.2 Å². The van der Waals surface area contributed by atoms with Crippen molar-refractivity contribution in [3.8, 4) is 0 Å². The van der Waals surface area contributed by atoms with E-state index in [0.29, 0.717) is 17.1 Å². The Hall–Kier alpha value is -1.90. The van der Waals surface area contributed by atoms with E-state index in [9.17, 15) is 0 Å². The summed E-state index contributed by atoms with van der Waals surface area (Å²) in [7, 11) is 0. The molecule has 0 saturated carbocycles. The number of hydrogen-bond acceptors (Lipinski definition) is 6. The largest absolute Gasteiger partial charge is 0.302 e. The van der Waals surface area contributed by atoms with Gasteiger partial charge in [-0.25, -0.2) is 4.98 Å². The van der Waals surface area contributed by atoms with Crippen molar-refractivity contribution in [2.24, 2.45) is 4.99 Å². The van der Waals surface area contributed by atoms with Gasteiger partial charge >= 0.3 is 0 Å². The molecule has 78 valence electrons. The van der Waals surface area contributed by atoms with E-state index in [4.69, 9.17) is 0 Å². The molecule has 2 aromatic rings. The minimum atomic E-state index is 0.363. The number of nitrogens with one attached hydrogen (secondary N) is 3. The second-order valence-electron chi connectivity index (χ2n) is 2.37. The van der Waals surface area contributed by atoms with Crippen LogP contribution in [0.1, 0.15) is 0 Å². The third-order valence-electron chi connectivity index (χ3n) is 1.43. The fourth-order valence-electron chi connectivity index (χ4n) is 0.836. The summed E-state index contributed by atoms with van der Waals surface area (Å²) < 4.78 is 0. The molecule has 0 bridgehead atoms. The molecule has 2 rings (SSSR count).